The number of rotatable bonds is 0. The van der Waals surface area contributed by atoms with Crippen molar-refractivity contribution in [2.24, 2.45) is 0 Å². The monoisotopic (exact) mass is 205 g/mol. The van der Waals surface area contributed by atoms with E-state index >= 15 is 0 Å². The first-order valence-corrected chi connectivity index (χ1v) is 3.87. The van der Waals surface area contributed by atoms with Crippen LogP contribution >= 0.6 is 11.3 Å². The predicted octanol–water partition coefficient (Wildman–Crippen LogP) is 0.656. The second-order valence-electron chi connectivity index (χ2n) is 1.90. The van der Waals surface area contributed by atoms with Gasteiger partial charge in [-0.1, -0.05) is 0 Å². The van der Waals surface area contributed by atoms with Gasteiger partial charge in [0.25, 0.3) is 6.47 Å². The average molecular weight is 205 g/mol. The number of aromatic nitrogens is 1. The summed E-state index contributed by atoms with van der Waals surface area (Å²) in [6.45, 7) is -0.250. The van der Waals surface area contributed by atoms with Crippen molar-refractivity contribution in [3.05, 3.63) is 10.4 Å². The fourth-order valence-corrected chi connectivity index (χ4v) is 1.15. The van der Waals surface area contributed by atoms with E-state index in [9.17, 15) is 13.2 Å². The molecule has 0 spiro atoms. The quantitative estimate of drug-likeness (QED) is 0.499. The van der Waals surface area contributed by atoms with Crippen LogP contribution in [0.25, 0.3) is 0 Å². The molecular formula is C5H3F3LiNO2S. The van der Waals surface area contributed by atoms with Gasteiger partial charge in [-0.3, -0.25) is 4.79 Å². The molecule has 8 heteroatoms. The van der Waals surface area contributed by atoms with Crippen LogP contribution in [0.2, 0.25) is 0 Å². The number of nitrogens with zero attached hydrogens (tertiary/aromatic N) is 1. The van der Waals surface area contributed by atoms with E-state index in [0.29, 0.717) is 15.7 Å². The third kappa shape index (κ3) is 4.93. The molecule has 0 aromatic carbocycles. The molecule has 0 bridgehead atoms. The van der Waals surface area contributed by atoms with Crippen molar-refractivity contribution in [3.63, 3.8) is 0 Å². The Morgan fingerprint density at radius 3 is 2.23 bits per heavy atom. The van der Waals surface area contributed by atoms with Gasteiger partial charge < -0.3 is 5.11 Å². The molecule has 3 nitrogen and oxygen atoms in total. The van der Waals surface area contributed by atoms with Gasteiger partial charge in [0.05, 0.1) is 0 Å². The fourth-order valence-electron chi connectivity index (χ4n) is 0.484. The molecule has 0 aliphatic heterocycles. The van der Waals surface area contributed by atoms with Crippen LogP contribution in [-0.4, -0.2) is 34.3 Å². The summed E-state index contributed by atoms with van der Waals surface area (Å²) in [6, 6.07) is 0. The fraction of sp³-hybridized carbons (Fsp3) is 0.200. The molecule has 0 saturated heterocycles. The van der Waals surface area contributed by atoms with E-state index in [1.54, 1.807) is 0 Å². The summed E-state index contributed by atoms with van der Waals surface area (Å²) in [6.07, 6.45) is -4.28. The van der Waals surface area contributed by atoms with Gasteiger partial charge in [-0.2, -0.15) is 0 Å². The van der Waals surface area contributed by atoms with Crippen molar-refractivity contribution in [1.82, 2.24) is 4.98 Å². The van der Waals surface area contributed by atoms with Gasteiger partial charge in [0.1, 0.15) is 0 Å². The number of hydrogen-bond donors (Lipinski definition) is 1. The van der Waals surface area contributed by atoms with E-state index in [1.807, 2.05) is 0 Å². The topological polar surface area (TPSA) is 50.2 Å². The number of halogens is 3. The van der Waals surface area contributed by atoms with Gasteiger partial charge in [0, 0.05) is 0 Å². The summed E-state index contributed by atoms with van der Waals surface area (Å²) in [5.41, 5.74) is 0. The summed E-state index contributed by atoms with van der Waals surface area (Å²) in [4.78, 5) is 11.6. The number of carbonyl (C=O) groups is 1. The van der Waals surface area contributed by atoms with Gasteiger partial charge >= 0.3 is 68.1 Å². The first kappa shape index (κ1) is 12.5. The molecule has 0 aliphatic rings. The zero-order valence-corrected chi connectivity index (χ0v) is 7.32. The Labute approximate surface area is 84.8 Å². The van der Waals surface area contributed by atoms with Crippen molar-refractivity contribution >= 4 is 39.9 Å². The van der Waals surface area contributed by atoms with Crippen LogP contribution in [-0.2, 0) is 11.0 Å². The normalized spacial score (nSPS) is 10.2. The minimum atomic E-state index is -4.28. The van der Waals surface area contributed by atoms with Crippen molar-refractivity contribution < 1.29 is 23.1 Å². The van der Waals surface area contributed by atoms with Crippen LogP contribution in [0, 0.1) is 0 Å². The summed E-state index contributed by atoms with van der Waals surface area (Å²) < 4.78 is 35.7. The predicted molar refractivity (Wildman–Crippen MR) is 41.2 cm³/mol. The summed E-state index contributed by atoms with van der Waals surface area (Å²) in [5.74, 6) is 0. The SMILES string of the molecule is O=CO.[Li][c]1csc(C(F)(F)F)n1. The number of thiazole rings is 1. The molecule has 1 aromatic heterocycles. The third-order valence-corrected chi connectivity index (χ3v) is 1.87. The van der Waals surface area contributed by atoms with Crippen LogP contribution in [0.4, 0.5) is 13.2 Å². The Bertz CT molecular complexity index is 275. The second kappa shape index (κ2) is 5.27. The van der Waals surface area contributed by atoms with E-state index in [0.717, 1.165) is 0 Å². The average Bonchev–Trinajstić information content (AvgIpc) is 2.35. The van der Waals surface area contributed by atoms with Gasteiger partial charge in [-0.25, -0.2) is 0 Å². The summed E-state index contributed by atoms with van der Waals surface area (Å²) in [7, 11) is 0. The Balaban J connectivity index is 0.000000424. The maximum atomic E-state index is 11.7. The number of alkyl halides is 3. The Morgan fingerprint density at radius 2 is 2.08 bits per heavy atom. The van der Waals surface area contributed by atoms with Crippen LogP contribution in [0.15, 0.2) is 5.38 Å². The van der Waals surface area contributed by atoms with E-state index in [2.05, 4.69) is 4.98 Å². The standard InChI is InChI=1S/C4HF3NS.CH2O2.Li/c5-4(6,7)3-8-1-2-9-3;2-1-3;/h2H;1H,(H,2,3);. The summed E-state index contributed by atoms with van der Waals surface area (Å²) >= 11 is 2.15. The van der Waals surface area contributed by atoms with E-state index in [1.165, 1.54) is 23.1 Å². The molecule has 68 valence electrons. The molecule has 1 heterocycles. The van der Waals surface area contributed by atoms with Crippen LogP contribution in [0.3, 0.4) is 0 Å². The molecular weight excluding hydrogens is 202 g/mol. The zero-order valence-electron chi connectivity index (χ0n) is 6.50. The number of hydrogen-bond acceptors (Lipinski definition) is 3. The Hall–Kier alpha value is -0.513. The molecule has 1 aromatic rings. The van der Waals surface area contributed by atoms with Crippen LogP contribution in [0.5, 0.6) is 0 Å². The molecule has 1 rings (SSSR count). The second-order valence-corrected chi connectivity index (χ2v) is 2.76. The van der Waals surface area contributed by atoms with Crippen LogP contribution in [0.1, 0.15) is 5.01 Å². The van der Waals surface area contributed by atoms with Crippen molar-refractivity contribution in [3.8, 4) is 0 Å². The van der Waals surface area contributed by atoms with Gasteiger partial charge in [0.15, 0.2) is 0 Å². The molecule has 0 aliphatic carbocycles. The maximum absolute atomic E-state index is 11.7. The first-order chi connectivity index (χ1) is 5.91. The molecule has 0 atom stereocenters. The van der Waals surface area contributed by atoms with Gasteiger partial charge in [0.2, 0.25) is 0 Å². The molecule has 0 unspecified atom stereocenters. The molecule has 1 N–H and O–H groups in total. The molecule has 0 fully saturated rings. The zero-order chi connectivity index (χ0) is 10.5. The Morgan fingerprint density at radius 1 is 1.62 bits per heavy atom. The van der Waals surface area contributed by atoms with Crippen molar-refractivity contribution in [2.45, 2.75) is 6.18 Å². The first-order valence-electron chi connectivity index (χ1n) is 2.99. The van der Waals surface area contributed by atoms with Gasteiger partial charge in [-0.05, 0) is 0 Å². The minimum absolute atomic E-state index is 0.250. The Kier molecular flexibility index (Phi) is 5.06. The van der Waals surface area contributed by atoms with Gasteiger partial charge in [-0.15, -0.1) is 0 Å². The van der Waals surface area contributed by atoms with E-state index < -0.39 is 11.2 Å². The van der Waals surface area contributed by atoms with E-state index in [-0.39, 0.29) is 6.47 Å². The number of carboxylic acid groups (broad SMARTS) is 1. The van der Waals surface area contributed by atoms with Crippen molar-refractivity contribution in [1.29, 1.82) is 0 Å². The molecule has 0 radical (unpaired) electrons. The molecule has 0 saturated carbocycles. The van der Waals surface area contributed by atoms with E-state index in [4.69, 9.17) is 9.90 Å². The molecule has 13 heavy (non-hydrogen) atoms. The summed E-state index contributed by atoms with van der Waals surface area (Å²) in [5, 5.41) is 7.49. The molecule has 0 amide bonds. The van der Waals surface area contributed by atoms with Crippen molar-refractivity contribution in [2.75, 3.05) is 0 Å². The third-order valence-electron chi connectivity index (χ3n) is 0.862. The van der Waals surface area contributed by atoms with Crippen LogP contribution < -0.4 is 4.37 Å².